The van der Waals surface area contributed by atoms with E-state index in [-0.39, 0.29) is 11.1 Å². The maximum atomic E-state index is 14.6. The van der Waals surface area contributed by atoms with Crippen LogP contribution in [0.3, 0.4) is 0 Å². The van der Waals surface area contributed by atoms with E-state index in [0.29, 0.717) is 17.9 Å². The zero-order chi connectivity index (χ0) is 20.1. The van der Waals surface area contributed by atoms with E-state index < -0.39 is 23.3 Å². The predicted molar refractivity (Wildman–Crippen MR) is 105 cm³/mol. The molecule has 2 aromatic carbocycles. The zero-order valence-corrected chi connectivity index (χ0v) is 16.4. The molecule has 0 aromatic heterocycles. The first-order valence-electron chi connectivity index (χ1n) is 10.4. The van der Waals surface area contributed by atoms with Gasteiger partial charge in [0.15, 0.2) is 11.6 Å². The number of benzene rings is 2. The van der Waals surface area contributed by atoms with Crippen LogP contribution in [-0.2, 0) is 6.42 Å². The van der Waals surface area contributed by atoms with Gasteiger partial charge in [0, 0.05) is 0 Å². The normalized spacial score (nSPS) is 19.8. The number of unbranched alkanes of at least 4 members (excludes halogenated alkanes) is 2. The van der Waals surface area contributed by atoms with Crippen LogP contribution in [0, 0.1) is 35.1 Å². The Morgan fingerprint density at radius 3 is 2.00 bits per heavy atom. The van der Waals surface area contributed by atoms with Crippen molar-refractivity contribution in [1.82, 2.24) is 0 Å². The van der Waals surface area contributed by atoms with Gasteiger partial charge in [-0.3, -0.25) is 0 Å². The first-order chi connectivity index (χ1) is 13.5. The molecule has 0 bridgehead atoms. The Bertz CT molecular complexity index is 768. The van der Waals surface area contributed by atoms with Crippen molar-refractivity contribution < 1.29 is 17.6 Å². The second-order valence-electron chi connectivity index (χ2n) is 8.15. The SMILES string of the molecule is CCCCCC1CCC(Cc2cc(F)c(-c3ccc(F)c(F)c3)c(F)c2)CC1. The van der Waals surface area contributed by atoms with Crippen LogP contribution >= 0.6 is 0 Å². The van der Waals surface area contributed by atoms with E-state index in [1.807, 2.05) is 0 Å². The van der Waals surface area contributed by atoms with Crippen molar-refractivity contribution in [3.63, 3.8) is 0 Å². The Morgan fingerprint density at radius 2 is 1.39 bits per heavy atom. The number of hydrogen-bond acceptors (Lipinski definition) is 0. The standard InChI is InChI=1S/C24H28F4/c1-2-3-4-5-16-6-8-17(9-7-16)12-18-13-22(27)24(23(28)14-18)19-10-11-20(25)21(26)15-19/h10-11,13-17H,2-9,12H2,1H3. The van der Waals surface area contributed by atoms with Crippen LogP contribution in [0.15, 0.2) is 30.3 Å². The van der Waals surface area contributed by atoms with Crippen molar-refractivity contribution in [3.05, 3.63) is 59.2 Å². The van der Waals surface area contributed by atoms with Crippen molar-refractivity contribution in [3.8, 4) is 11.1 Å². The minimum Gasteiger partial charge on any atom is -0.206 e. The van der Waals surface area contributed by atoms with Crippen LogP contribution in [0.1, 0.15) is 63.9 Å². The third-order valence-electron chi connectivity index (χ3n) is 6.02. The van der Waals surface area contributed by atoms with Gasteiger partial charge in [0.25, 0.3) is 0 Å². The molecule has 3 rings (SSSR count). The molecule has 4 heteroatoms. The minimum atomic E-state index is -1.11. The second-order valence-corrected chi connectivity index (χ2v) is 8.15. The largest absolute Gasteiger partial charge is 0.206 e. The quantitative estimate of drug-likeness (QED) is 0.332. The molecular formula is C24H28F4. The molecule has 0 unspecified atom stereocenters. The molecule has 28 heavy (non-hydrogen) atoms. The third-order valence-corrected chi connectivity index (χ3v) is 6.02. The summed E-state index contributed by atoms with van der Waals surface area (Å²) in [5, 5.41) is 0. The van der Waals surface area contributed by atoms with Gasteiger partial charge in [-0.2, -0.15) is 0 Å². The Hall–Kier alpha value is -1.84. The molecule has 1 saturated carbocycles. The van der Waals surface area contributed by atoms with Crippen LogP contribution in [0.2, 0.25) is 0 Å². The maximum Gasteiger partial charge on any atom is 0.159 e. The predicted octanol–water partition coefficient (Wildman–Crippen LogP) is 7.84. The van der Waals surface area contributed by atoms with Gasteiger partial charge in [-0.1, -0.05) is 51.5 Å². The van der Waals surface area contributed by atoms with Gasteiger partial charge < -0.3 is 0 Å². The fourth-order valence-corrected chi connectivity index (χ4v) is 4.41. The molecule has 152 valence electrons. The lowest BCUT2D eigenvalue weighted by Crippen LogP contribution is -2.16. The van der Waals surface area contributed by atoms with Gasteiger partial charge in [0.05, 0.1) is 5.56 Å². The molecule has 0 spiro atoms. The Labute approximate surface area is 165 Å². The van der Waals surface area contributed by atoms with E-state index in [1.165, 1.54) is 56.7 Å². The van der Waals surface area contributed by atoms with Gasteiger partial charge in [0.1, 0.15) is 11.6 Å². The smallest absolute Gasteiger partial charge is 0.159 e. The summed E-state index contributed by atoms with van der Waals surface area (Å²) in [7, 11) is 0. The maximum absolute atomic E-state index is 14.6. The first-order valence-corrected chi connectivity index (χ1v) is 10.4. The molecule has 0 heterocycles. The summed E-state index contributed by atoms with van der Waals surface area (Å²) < 4.78 is 55.6. The van der Waals surface area contributed by atoms with Crippen LogP contribution in [-0.4, -0.2) is 0 Å². The molecule has 0 nitrogen and oxygen atoms in total. The lowest BCUT2D eigenvalue weighted by molar-refractivity contribution is 0.257. The van der Waals surface area contributed by atoms with E-state index in [4.69, 9.17) is 0 Å². The Balaban J connectivity index is 1.64. The molecule has 1 aliphatic carbocycles. The van der Waals surface area contributed by atoms with E-state index in [1.54, 1.807) is 0 Å². The average molecular weight is 392 g/mol. The highest BCUT2D eigenvalue weighted by atomic mass is 19.2. The van der Waals surface area contributed by atoms with E-state index in [2.05, 4.69) is 6.92 Å². The van der Waals surface area contributed by atoms with Crippen molar-refractivity contribution in [1.29, 1.82) is 0 Å². The highest BCUT2D eigenvalue weighted by Gasteiger charge is 2.22. The molecule has 0 aliphatic heterocycles. The summed E-state index contributed by atoms with van der Waals surface area (Å²) in [5.41, 5.74) is 0.339. The van der Waals surface area contributed by atoms with Crippen molar-refractivity contribution in [2.75, 3.05) is 0 Å². The van der Waals surface area contributed by atoms with Gasteiger partial charge in [-0.05, 0) is 66.5 Å². The van der Waals surface area contributed by atoms with E-state index >= 15 is 0 Å². The highest BCUT2D eigenvalue weighted by molar-refractivity contribution is 5.65. The minimum absolute atomic E-state index is 0.00744. The first kappa shape index (κ1) is 20.9. The third kappa shape index (κ3) is 5.15. The van der Waals surface area contributed by atoms with Crippen LogP contribution in [0.5, 0.6) is 0 Å². The lowest BCUT2D eigenvalue weighted by Gasteiger charge is -2.28. The molecular weight excluding hydrogens is 364 g/mol. The highest BCUT2D eigenvalue weighted by Crippen LogP contribution is 2.35. The Morgan fingerprint density at radius 1 is 0.750 bits per heavy atom. The van der Waals surface area contributed by atoms with Gasteiger partial charge in [-0.15, -0.1) is 0 Å². The van der Waals surface area contributed by atoms with Gasteiger partial charge >= 0.3 is 0 Å². The molecule has 1 aliphatic rings. The van der Waals surface area contributed by atoms with Crippen molar-refractivity contribution in [2.45, 2.75) is 64.7 Å². The van der Waals surface area contributed by atoms with Crippen LogP contribution < -0.4 is 0 Å². The Kier molecular flexibility index (Phi) is 7.14. The molecule has 0 N–H and O–H groups in total. The van der Waals surface area contributed by atoms with Crippen LogP contribution in [0.25, 0.3) is 11.1 Å². The summed E-state index contributed by atoms with van der Waals surface area (Å²) >= 11 is 0. The summed E-state index contributed by atoms with van der Waals surface area (Å²) in [4.78, 5) is 0. The fraction of sp³-hybridized carbons (Fsp3) is 0.500. The fourth-order valence-electron chi connectivity index (χ4n) is 4.41. The van der Waals surface area contributed by atoms with Crippen molar-refractivity contribution >= 4 is 0 Å². The monoisotopic (exact) mass is 392 g/mol. The molecule has 1 fully saturated rings. The zero-order valence-electron chi connectivity index (χ0n) is 16.4. The number of rotatable bonds is 7. The molecule has 0 saturated heterocycles. The summed E-state index contributed by atoms with van der Waals surface area (Å²) in [5.74, 6) is -2.35. The molecule has 2 aromatic rings. The van der Waals surface area contributed by atoms with E-state index in [9.17, 15) is 17.6 Å². The topological polar surface area (TPSA) is 0 Å². The molecule has 0 radical (unpaired) electrons. The second kappa shape index (κ2) is 9.58. The van der Waals surface area contributed by atoms with E-state index in [0.717, 1.165) is 30.9 Å². The van der Waals surface area contributed by atoms with Gasteiger partial charge in [0.2, 0.25) is 0 Å². The van der Waals surface area contributed by atoms with Crippen LogP contribution in [0.4, 0.5) is 17.6 Å². The molecule has 0 amide bonds. The average Bonchev–Trinajstić information content (AvgIpc) is 2.66. The van der Waals surface area contributed by atoms with Gasteiger partial charge in [-0.25, -0.2) is 17.6 Å². The summed E-state index contributed by atoms with van der Waals surface area (Å²) in [6.07, 6.45) is 10.4. The molecule has 0 atom stereocenters. The summed E-state index contributed by atoms with van der Waals surface area (Å²) in [6.45, 7) is 2.22. The summed E-state index contributed by atoms with van der Waals surface area (Å²) in [6, 6.07) is 5.59. The number of hydrogen-bond donors (Lipinski definition) is 0. The van der Waals surface area contributed by atoms with Crippen molar-refractivity contribution in [2.24, 2.45) is 11.8 Å². The lowest BCUT2D eigenvalue weighted by atomic mass is 9.77. The number of halogens is 4.